The number of nitrogens with zero attached hydrogens (tertiary/aromatic N) is 7. The second-order valence-corrected chi connectivity index (χ2v) is 6.69. The highest BCUT2D eigenvalue weighted by molar-refractivity contribution is 6.04. The summed E-state index contributed by atoms with van der Waals surface area (Å²) in [6.45, 7) is 8.00. The molecule has 4 heterocycles. The van der Waals surface area contributed by atoms with Crippen LogP contribution in [0.1, 0.15) is 32.4 Å². The Hall–Kier alpha value is -2.71. The Balaban J connectivity index is 1.70. The van der Waals surface area contributed by atoms with Gasteiger partial charge in [-0.05, 0) is 12.8 Å². The number of piperazine rings is 1. The Morgan fingerprint density at radius 1 is 1.28 bits per heavy atom. The summed E-state index contributed by atoms with van der Waals surface area (Å²) in [6, 6.07) is 1.39. The minimum atomic E-state index is -0.435. The van der Waals surface area contributed by atoms with E-state index >= 15 is 0 Å². The van der Waals surface area contributed by atoms with Crippen molar-refractivity contribution in [2.75, 3.05) is 31.1 Å². The largest absolute Gasteiger partial charge is 0.352 e. The summed E-state index contributed by atoms with van der Waals surface area (Å²) in [5, 5.41) is 4.27. The van der Waals surface area contributed by atoms with E-state index in [1.165, 1.54) is 11.2 Å². The van der Waals surface area contributed by atoms with Crippen molar-refractivity contribution in [1.29, 1.82) is 0 Å². The number of amides is 3. The molecular formula is C16H21N7O2. The molecule has 0 aliphatic carbocycles. The quantitative estimate of drug-likeness (QED) is 0.763. The molecule has 0 bridgehead atoms. The van der Waals surface area contributed by atoms with Gasteiger partial charge >= 0.3 is 6.03 Å². The molecule has 9 heteroatoms. The smallest absolute Gasteiger partial charge is 0.327 e. The molecule has 1 unspecified atom stereocenters. The predicted molar refractivity (Wildman–Crippen MR) is 90.4 cm³/mol. The van der Waals surface area contributed by atoms with Gasteiger partial charge in [0.1, 0.15) is 18.2 Å². The van der Waals surface area contributed by atoms with E-state index in [2.05, 4.69) is 33.8 Å². The molecule has 2 fully saturated rings. The highest BCUT2D eigenvalue weighted by atomic mass is 16.2. The molecule has 25 heavy (non-hydrogen) atoms. The molecule has 0 N–H and O–H groups in total. The van der Waals surface area contributed by atoms with Crippen LogP contribution in [0.25, 0.3) is 5.78 Å². The number of rotatable bonds is 3. The predicted octanol–water partition coefficient (Wildman–Crippen LogP) is 0.720. The summed E-state index contributed by atoms with van der Waals surface area (Å²) in [7, 11) is 0. The van der Waals surface area contributed by atoms with Gasteiger partial charge in [0.2, 0.25) is 0 Å². The van der Waals surface area contributed by atoms with Gasteiger partial charge in [-0.2, -0.15) is 14.6 Å². The van der Waals surface area contributed by atoms with Crippen LogP contribution in [-0.4, -0.2) is 73.5 Å². The highest BCUT2D eigenvalue weighted by Gasteiger charge is 2.47. The van der Waals surface area contributed by atoms with Gasteiger partial charge in [-0.3, -0.25) is 9.69 Å². The molecule has 9 nitrogen and oxygen atoms in total. The molecule has 2 aliphatic rings. The third-order valence-electron chi connectivity index (χ3n) is 4.89. The fraction of sp³-hybridized carbons (Fsp3) is 0.562. The van der Waals surface area contributed by atoms with E-state index in [0.717, 1.165) is 11.5 Å². The maximum Gasteiger partial charge on any atom is 0.327 e. The fourth-order valence-electron chi connectivity index (χ4n) is 3.49. The number of carbonyl (C=O) groups is 2. The van der Waals surface area contributed by atoms with Crippen molar-refractivity contribution in [3.05, 3.63) is 18.1 Å². The summed E-state index contributed by atoms with van der Waals surface area (Å²) in [4.78, 5) is 38.7. The van der Waals surface area contributed by atoms with Gasteiger partial charge in [-0.25, -0.2) is 9.78 Å². The van der Waals surface area contributed by atoms with Crippen LogP contribution in [0.2, 0.25) is 0 Å². The molecule has 3 amide bonds. The van der Waals surface area contributed by atoms with Gasteiger partial charge in [0, 0.05) is 32.2 Å². The number of anilines is 1. The third-order valence-corrected chi connectivity index (χ3v) is 4.89. The van der Waals surface area contributed by atoms with Gasteiger partial charge in [0.25, 0.3) is 11.7 Å². The lowest BCUT2D eigenvalue weighted by Crippen LogP contribution is -2.53. The van der Waals surface area contributed by atoms with Crippen molar-refractivity contribution in [3.8, 4) is 0 Å². The Kier molecular flexibility index (Phi) is 3.59. The lowest BCUT2D eigenvalue weighted by Gasteiger charge is -2.36. The molecular weight excluding hydrogens is 322 g/mol. The number of fused-ring (bicyclic) bond motifs is 2. The number of likely N-dealkylation sites (N-methyl/N-ethyl adjacent to an activating group) is 1. The Bertz CT molecular complexity index is 846. The van der Waals surface area contributed by atoms with Crippen LogP contribution in [0.4, 0.5) is 10.6 Å². The summed E-state index contributed by atoms with van der Waals surface area (Å²) in [5.74, 6) is 1.55. The van der Waals surface area contributed by atoms with Crippen LogP contribution in [0, 0.1) is 0 Å². The van der Waals surface area contributed by atoms with Crippen molar-refractivity contribution in [1.82, 2.24) is 29.4 Å². The molecule has 2 aromatic heterocycles. The van der Waals surface area contributed by atoms with Crippen LogP contribution < -0.4 is 4.90 Å². The van der Waals surface area contributed by atoms with Crippen LogP contribution in [-0.2, 0) is 4.79 Å². The number of hydrogen-bond acceptors (Lipinski definition) is 6. The first kappa shape index (κ1) is 15.8. The maximum absolute atomic E-state index is 12.5. The third kappa shape index (κ3) is 2.33. The van der Waals surface area contributed by atoms with Gasteiger partial charge in [-0.15, -0.1) is 0 Å². The fourth-order valence-corrected chi connectivity index (χ4v) is 3.49. The number of hydrogen-bond donors (Lipinski definition) is 0. The minimum absolute atomic E-state index is 0.120. The number of aromatic nitrogens is 4. The average molecular weight is 343 g/mol. The molecule has 2 aromatic rings. The number of urea groups is 1. The Morgan fingerprint density at radius 2 is 2.08 bits per heavy atom. The van der Waals surface area contributed by atoms with Crippen LogP contribution in [0.5, 0.6) is 0 Å². The first-order valence-corrected chi connectivity index (χ1v) is 8.58. The van der Waals surface area contributed by atoms with E-state index in [-0.39, 0.29) is 17.9 Å². The van der Waals surface area contributed by atoms with Crippen molar-refractivity contribution in [2.45, 2.75) is 32.7 Å². The van der Waals surface area contributed by atoms with Crippen LogP contribution in [0.15, 0.2) is 12.4 Å². The zero-order chi connectivity index (χ0) is 17.7. The summed E-state index contributed by atoms with van der Waals surface area (Å²) in [5.41, 5.74) is 0.932. The van der Waals surface area contributed by atoms with Gasteiger partial charge in [0.05, 0.1) is 5.69 Å². The van der Waals surface area contributed by atoms with E-state index in [4.69, 9.17) is 0 Å². The van der Waals surface area contributed by atoms with E-state index < -0.39 is 6.04 Å². The average Bonchev–Trinajstić information content (AvgIpc) is 3.17. The lowest BCUT2D eigenvalue weighted by molar-refractivity contribution is -0.128. The van der Waals surface area contributed by atoms with Crippen molar-refractivity contribution in [2.24, 2.45) is 0 Å². The molecule has 4 rings (SSSR count). The van der Waals surface area contributed by atoms with E-state index in [1.807, 2.05) is 13.0 Å². The van der Waals surface area contributed by atoms with Crippen LogP contribution in [0.3, 0.4) is 0 Å². The highest BCUT2D eigenvalue weighted by Crippen LogP contribution is 2.27. The second-order valence-electron chi connectivity index (χ2n) is 6.69. The zero-order valence-corrected chi connectivity index (χ0v) is 14.6. The van der Waals surface area contributed by atoms with Gasteiger partial charge in [-0.1, -0.05) is 13.8 Å². The molecule has 2 saturated heterocycles. The van der Waals surface area contributed by atoms with Crippen molar-refractivity contribution >= 4 is 23.5 Å². The summed E-state index contributed by atoms with van der Waals surface area (Å²) in [6.07, 6.45) is 1.48. The summed E-state index contributed by atoms with van der Waals surface area (Å²) < 4.78 is 1.69. The van der Waals surface area contributed by atoms with Crippen LogP contribution >= 0.6 is 0 Å². The van der Waals surface area contributed by atoms with E-state index in [9.17, 15) is 9.59 Å². The Labute approximate surface area is 145 Å². The van der Waals surface area contributed by atoms with Gasteiger partial charge < -0.3 is 9.80 Å². The second kappa shape index (κ2) is 5.68. The van der Waals surface area contributed by atoms with Crippen molar-refractivity contribution in [3.63, 3.8) is 0 Å². The SMILES string of the molecule is CCN1C(=O)C2CN(c3cc(C(C)C)nc4ncnn34)CCN2C1=O. The lowest BCUT2D eigenvalue weighted by atomic mass is 10.1. The van der Waals surface area contributed by atoms with Gasteiger partial charge in [0.15, 0.2) is 0 Å². The topological polar surface area (TPSA) is 86.9 Å². The first-order chi connectivity index (χ1) is 12.0. The molecule has 132 valence electrons. The Morgan fingerprint density at radius 3 is 2.80 bits per heavy atom. The monoisotopic (exact) mass is 343 g/mol. The van der Waals surface area contributed by atoms with E-state index in [0.29, 0.717) is 32.0 Å². The summed E-state index contributed by atoms with van der Waals surface area (Å²) >= 11 is 0. The maximum atomic E-state index is 12.5. The molecule has 0 aromatic carbocycles. The molecule has 2 aliphatic heterocycles. The van der Waals surface area contributed by atoms with Crippen molar-refractivity contribution < 1.29 is 9.59 Å². The first-order valence-electron chi connectivity index (χ1n) is 8.58. The zero-order valence-electron chi connectivity index (χ0n) is 14.6. The molecule has 0 radical (unpaired) electrons. The molecule has 0 saturated carbocycles. The van der Waals surface area contributed by atoms with E-state index in [1.54, 1.807) is 9.42 Å². The molecule has 1 atom stereocenters. The number of imide groups is 1. The number of carbonyl (C=O) groups excluding carboxylic acids is 2. The molecule has 0 spiro atoms. The standard InChI is InChI=1S/C16H21N7O2/c1-4-21-14(24)12-8-20(5-6-22(12)16(21)25)13-7-11(10(2)3)19-15-17-9-18-23(13)15/h7,9-10,12H,4-6,8H2,1-3H3. The minimum Gasteiger partial charge on any atom is -0.352 e. The normalized spacial score (nSPS) is 21.0.